The zero-order chi connectivity index (χ0) is 16.5. The van der Waals surface area contributed by atoms with Crippen LogP contribution in [0, 0.1) is 17.5 Å². The standard InChI is InChI=1S/C12H8BrF3N2O3S/c1-21-12-10(2-6(13)5-17-12)18-22(19,20)11-8(15)3-7(14)4-9(11)16/h2-5,18H,1H3. The summed E-state index contributed by atoms with van der Waals surface area (Å²) in [5.41, 5.74) is -0.139. The summed E-state index contributed by atoms with van der Waals surface area (Å²) in [7, 11) is -3.41. The summed E-state index contributed by atoms with van der Waals surface area (Å²) in [6.45, 7) is 0. The highest BCUT2D eigenvalue weighted by molar-refractivity contribution is 9.10. The summed E-state index contributed by atoms with van der Waals surface area (Å²) >= 11 is 3.08. The Morgan fingerprint density at radius 2 is 1.77 bits per heavy atom. The van der Waals surface area contributed by atoms with Crippen LogP contribution in [0.2, 0.25) is 0 Å². The number of hydrogen-bond donors (Lipinski definition) is 1. The van der Waals surface area contributed by atoms with Gasteiger partial charge >= 0.3 is 0 Å². The lowest BCUT2D eigenvalue weighted by Gasteiger charge is -2.12. The number of halogens is 4. The highest BCUT2D eigenvalue weighted by Crippen LogP contribution is 2.29. The Bertz CT molecular complexity index is 807. The molecule has 0 bridgehead atoms. The third kappa shape index (κ3) is 3.33. The maximum Gasteiger partial charge on any atom is 0.267 e. The molecule has 1 aromatic carbocycles. The van der Waals surface area contributed by atoms with Crippen molar-refractivity contribution in [2.45, 2.75) is 4.90 Å². The van der Waals surface area contributed by atoms with Gasteiger partial charge in [0.05, 0.1) is 7.11 Å². The molecule has 0 atom stereocenters. The smallest absolute Gasteiger partial charge is 0.267 e. The van der Waals surface area contributed by atoms with Crippen molar-refractivity contribution in [2.24, 2.45) is 0 Å². The number of hydrogen-bond acceptors (Lipinski definition) is 4. The predicted molar refractivity (Wildman–Crippen MR) is 75.6 cm³/mol. The Balaban J connectivity index is 2.52. The number of aromatic nitrogens is 1. The van der Waals surface area contributed by atoms with Crippen molar-refractivity contribution in [2.75, 3.05) is 11.8 Å². The van der Waals surface area contributed by atoms with Crippen molar-refractivity contribution < 1.29 is 26.3 Å². The van der Waals surface area contributed by atoms with Gasteiger partial charge < -0.3 is 4.74 Å². The van der Waals surface area contributed by atoms with Gasteiger partial charge in [-0.05, 0) is 22.0 Å². The van der Waals surface area contributed by atoms with E-state index in [-0.39, 0.29) is 23.7 Å². The quantitative estimate of drug-likeness (QED) is 0.861. The van der Waals surface area contributed by atoms with Crippen LogP contribution in [0.4, 0.5) is 18.9 Å². The average Bonchev–Trinajstić information content (AvgIpc) is 2.36. The molecule has 0 aliphatic carbocycles. The van der Waals surface area contributed by atoms with Gasteiger partial charge in [0.2, 0.25) is 5.88 Å². The zero-order valence-electron chi connectivity index (χ0n) is 10.9. The first-order valence-corrected chi connectivity index (χ1v) is 7.89. The fraction of sp³-hybridized carbons (Fsp3) is 0.0833. The molecular formula is C12H8BrF3N2O3S. The van der Waals surface area contributed by atoms with E-state index in [1.54, 1.807) is 0 Å². The summed E-state index contributed by atoms with van der Waals surface area (Å²) < 4.78 is 71.6. The molecule has 2 rings (SSSR count). The van der Waals surface area contributed by atoms with Gasteiger partial charge in [-0.25, -0.2) is 26.6 Å². The van der Waals surface area contributed by atoms with E-state index in [1.807, 2.05) is 4.72 Å². The number of pyridine rings is 1. The Labute approximate surface area is 132 Å². The second-order valence-electron chi connectivity index (χ2n) is 4.01. The summed E-state index contributed by atoms with van der Waals surface area (Å²) in [6, 6.07) is 1.84. The van der Waals surface area contributed by atoms with Crippen LogP contribution < -0.4 is 9.46 Å². The third-order valence-electron chi connectivity index (χ3n) is 2.49. The first kappa shape index (κ1) is 16.6. The molecule has 0 saturated carbocycles. The average molecular weight is 397 g/mol. The molecule has 5 nitrogen and oxygen atoms in total. The topological polar surface area (TPSA) is 68.3 Å². The lowest BCUT2D eigenvalue weighted by molar-refractivity contribution is 0.400. The van der Waals surface area contributed by atoms with Crippen molar-refractivity contribution in [3.8, 4) is 5.88 Å². The van der Waals surface area contributed by atoms with E-state index in [2.05, 4.69) is 20.9 Å². The normalized spacial score (nSPS) is 11.3. The number of sulfonamides is 1. The number of nitrogens with zero attached hydrogens (tertiary/aromatic N) is 1. The predicted octanol–water partition coefficient (Wildman–Crippen LogP) is 3.07. The van der Waals surface area contributed by atoms with Gasteiger partial charge in [0.25, 0.3) is 10.0 Å². The van der Waals surface area contributed by atoms with E-state index in [4.69, 9.17) is 4.74 Å². The number of rotatable bonds is 4. The van der Waals surface area contributed by atoms with Crippen molar-refractivity contribution in [3.05, 3.63) is 46.3 Å². The third-order valence-corrected chi connectivity index (χ3v) is 4.34. The van der Waals surface area contributed by atoms with Crippen LogP contribution in [-0.4, -0.2) is 20.5 Å². The summed E-state index contributed by atoms with van der Waals surface area (Å²) in [5, 5.41) is 0. The van der Waals surface area contributed by atoms with Gasteiger partial charge in [0.1, 0.15) is 23.1 Å². The molecule has 1 heterocycles. The largest absolute Gasteiger partial charge is 0.479 e. The fourth-order valence-electron chi connectivity index (χ4n) is 1.64. The second kappa shape index (κ2) is 6.13. The molecule has 0 amide bonds. The van der Waals surface area contributed by atoms with Gasteiger partial charge in [-0.3, -0.25) is 4.72 Å². The van der Waals surface area contributed by atoms with Crippen LogP contribution in [0.15, 0.2) is 33.8 Å². The van der Waals surface area contributed by atoms with Gasteiger partial charge in [-0.2, -0.15) is 0 Å². The Morgan fingerprint density at radius 3 is 2.32 bits per heavy atom. The monoisotopic (exact) mass is 396 g/mol. The van der Waals surface area contributed by atoms with Gasteiger partial charge in [-0.1, -0.05) is 0 Å². The maximum absolute atomic E-state index is 13.6. The Morgan fingerprint density at radius 1 is 1.18 bits per heavy atom. The molecule has 0 aliphatic heterocycles. The molecule has 0 fully saturated rings. The number of methoxy groups -OCH3 is 1. The lowest BCUT2D eigenvalue weighted by Crippen LogP contribution is -2.17. The van der Waals surface area contributed by atoms with Gasteiger partial charge in [0, 0.05) is 22.8 Å². The van der Waals surface area contributed by atoms with Gasteiger partial charge in [0.15, 0.2) is 4.90 Å². The molecule has 1 N–H and O–H groups in total. The molecule has 1 aromatic heterocycles. The minimum atomic E-state index is -4.65. The van der Waals surface area contributed by atoms with Crippen LogP contribution in [0.1, 0.15) is 0 Å². The molecule has 0 radical (unpaired) electrons. The minimum Gasteiger partial charge on any atom is -0.479 e. The van der Waals surface area contributed by atoms with Crippen molar-refractivity contribution in [1.82, 2.24) is 4.98 Å². The molecule has 0 saturated heterocycles. The van der Waals surface area contributed by atoms with E-state index in [1.165, 1.54) is 19.4 Å². The van der Waals surface area contributed by atoms with E-state index in [0.29, 0.717) is 4.47 Å². The first-order chi connectivity index (χ1) is 10.2. The molecule has 0 aliphatic rings. The van der Waals surface area contributed by atoms with Crippen molar-refractivity contribution in [1.29, 1.82) is 0 Å². The molecule has 2 aromatic rings. The molecule has 22 heavy (non-hydrogen) atoms. The fourth-order valence-corrected chi connectivity index (χ4v) is 3.14. The molecular weight excluding hydrogens is 389 g/mol. The van der Waals surface area contributed by atoms with Crippen LogP contribution in [0.25, 0.3) is 0 Å². The number of ether oxygens (including phenoxy) is 1. The number of nitrogens with one attached hydrogen (secondary N) is 1. The van der Waals surface area contributed by atoms with Gasteiger partial charge in [-0.15, -0.1) is 0 Å². The van der Waals surface area contributed by atoms with E-state index >= 15 is 0 Å². The SMILES string of the molecule is COc1ncc(Br)cc1NS(=O)(=O)c1c(F)cc(F)cc1F. The zero-order valence-corrected chi connectivity index (χ0v) is 13.3. The minimum absolute atomic E-state index is 0.102. The molecule has 0 spiro atoms. The molecule has 0 unspecified atom stereocenters. The highest BCUT2D eigenvalue weighted by Gasteiger charge is 2.26. The summed E-state index contributed by atoms with van der Waals surface area (Å²) in [5.74, 6) is -4.43. The van der Waals surface area contributed by atoms with Crippen LogP contribution in [-0.2, 0) is 10.0 Å². The van der Waals surface area contributed by atoms with Crippen molar-refractivity contribution >= 4 is 31.6 Å². The van der Waals surface area contributed by atoms with Crippen LogP contribution >= 0.6 is 15.9 Å². The second-order valence-corrected chi connectivity index (χ2v) is 6.55. The Kier molecular flexibility index (Phi) is 4.61. The summed E-state index contributed by atoms with van der Waals surface area (Å²) in [4.78, 5) is 2.49. The number of benzene rings is 1. The van der Waals surface area contributed by atoms with Crippen LogP contribution in [0.3, 0.4) is 0 Å². The van der Waals surface area contributed by atoms with E-state index in [0.717, 1.165) is 0 Å². The summed E-state index contributed by atoms with van der Waals surface area (Å²) in [6.07, 6.45) is 1.34. The first-order valence-electron chi connectivity index (χ1n) is 5.61. The lowest BCUT2D eigenvalue weighted by atomic mass is 10.3. The molecule has 10 heteroatoms. The van der Waals surface area contributed by atoms with Crippen molar-refractivity contribution in [3.63, 3.8) is 0 Å². The molecule has 118 valence electrons. The van der Waals surface area contributed by atoms with E-state index < -0.39 is 32.4 Å². The Hall–Kier alpha value is -1.81. The maximum atomic E-state index is 13.6. The van der Waals surface area contributed by atoms with Crippen LogP contribution in [0.5, 0.6) is 5.88 Å². The number of anilines is 1. The highest BCUT2D eigenvalue weighted by atomic mass is 79.9. The van der Waals surface area contributed by atoms with E-state index in [9.17, 15) is 21.6 Å².